The van der Waals surface area contributed by atoms with E-state index in [1.54, 1.807) is 12.1 Å². The lowest BCUT2D eigenvalue weighted by Crippen LogP contribution is -2.21. The number of nitrogens with one attached hydrogen (secondary N) is 1. The molecule has 1 unspecified atom stereocenters. The van der Waals surface area contributed by atoms with E-state index in [0.29, 0.717) is 23.7 Å². The smallest absolute Gasteiger partial charge is 0.101 e. The van der Waals surface area contributed by atoms with Crippen LogP contribution in [0.25, 0.3) is 0 Å². The van der Waals surface area contributed by atoms with Gasteiger partial charge in [0, 0.05) is 6.54 Å². The molecule has 1 saturated carbocycles. The third kappa shape index (κ3) is 2.26. The Morgan fingerprint density at radius 2 is 2.31 bits per heavy atom. The lowest BCUT2D eigenvalue weighted by atomic mass is 10.1. The summed E-state index contributed by atoms with van der Waals surface area (Å²) >= 11 is 0. The summed E-state index contributed by atoms with van der Waals surface area (Å²) in [5.41, 5.74) is 7.44. The minimum atomic E-state index is -0.315. The molecule has 16 heavy (non-hydrogen) atoms. The molecule has 0 aromatic heterocycles. The van der Waals surface area contributed by atoms with Gasteiger partial charge in [0.05, 0.1) is 23.0 Å². The second-order valence-corrected chi connectivity index (χ2v) is 4.16. The molecule has 2 rings (SSSR count). The zero-order chi connectivity index (χ0) is 11.5. The molecule has 1 aliphatic carbocycles. The van der Waals surface area contributed by atoms with Crippen LogP contribution in [0, 0.1) is 17.2 Å². The van der Waals surface area contributed by atoms with Gasteiger partial charge in [0.1, 0.15) is 6.07 Å². The first-order valence-electron chi connectivity index (χ1n) is 5.43. The SMILES string of the molecule is N#Cc1cccc(NCC(O)C2CC2)c1N. The van der Waals surface area contributed by atoms with Gasteiger partial charge in [-0.15, -0.1) is 0 Å². The lowest BCUT2D eigenvalue weighted by Gasteiger charge is -2.13. The standard InChI is InChI=1S/C12H15N3O/c13-6-9-2-1-3-10(12(9)14)15-7-11(16)8-4-5-8/h1-3,8,11,15-16H,4-5,7,14H2. The van der Waals surface area contributed by atoms with Gasteiger partial charge in [-0.25, -0.2) is 0 Å². The van der Waals surface area contributed by atoms with Gasteiger partial charge in [-0.2, -0.15) is 5.26 Å². The molecule has 84 valence electrons. The van der Waals surface area contributed by atoms with E-state index >= 15 is 0 Å². The minimum Gasteiger partial charge on any atom is -0.396 e. The van der Waals surface area contributed by atoms with Gasteiger partial charge < -0.3 is 16.2 Å². The third-order valence-corrected chi connectivity index (χ3v) is 2.89. The van der Waals surface area contributed by atoms with Gasteiger partial charge >= 0.3 is 0 Å². The molecule has 0 radical (unpaired) electrons. The fourth-order valence-corrected chi connectivity index (χ4v) is 1.68. The maximum Gasteiger partial charge on any atom is 0.101 e. The number of benzene rings is 1. The Bertz CT molecular complexity index is 421. The number of hydrogen-bond donors (Lipinski definition) is 3. The van der Waals surface area contributed by atoms with Crippen molar-refractivity contribution in [3.63, 3.8) is 0 Å². The summed E-state index contributed by atoms with van der Waals surface area (Å²) in [6, 6.07) is 7.30. The van der Waals surface area contributed by atoms with Crippen LogP contribution in [0.2, 0.25) is 0 Å². The average Bonchev–Trinajstić information content (AvgIpc) is 3.11. The van der Waals surface area contributed by atoms with Gasteiger partial charge in [0.15, 0.2) is 0 Å². The van der Waals surface area contributed by atoms with Crippen molar-refractivity contribution >= 4 is 11.4 Å². The summed E-state index contributed by atoms with van der Waals surface area (Å²) in [4.78, 5) is 0. The van der Waals surface area contributed by atoms with Crippen molar-refractivity contribution in [2.45, 2.75) is 18.9 Å². The van der Waals surface area contributed by atoms with Gasteiger partial charge in [-0.3, -0.25) is 0 Å². The molecule has 1 aliphatic rings. The monoisotopic (exact) mass is 217 g/mol. The Balaban J connectivity index is 2.01. The molecule has 0 bridgehead atoms. The highest BCUT2D eigenvalue weighted by Crippen LogP contribution is 2.33. The van der Waals surface area contributed by atoms with E-state index < -0.39 is 0 Å². The molecule has 4 heteroatoms. The van der Waals surface area contributed by atoms with Crippen molar-refractivity contribution in [1.82, 2.24) is 0 Å². The van der Waals surface area contributed by atoms with Crippen molar-refractivity contribution in [3.8, 4) is 6.07 Å². The van der Waals surface area contributed by atoms with E-state index in [1.165, 1.54) is 0 Å². The molecule has 1 aromatic rings. The Morgan fingerprint density at radius 1 is 1.56 bits per heavy atom. The van der Waals surface area contributed by atoms with Crippen LogP contribution in [0.15, 0.2) is 18.2 Å². The number of hydrogen-bond acceptors (Lipinski definition) is 4. The van der Waals surface area contributed by atoms with Gasteiger partial charge in [0.2, 0.25) is 0 Å². The molecule has 0 heterocycles. The molecule has 0 amide bonds. The zero-order valence-electron chi connectivity index (χ0n) is 8.98. The van der Waals surface area contributed by atoms with Crippen LogP contribution < -0.4 is 11.1 Å². The number of anilines is 2. The maximum absolute atomic E-state index is 9.70. The Morgan fingerprint density at radius 3 is 2.94 bits per heavy atom. The second kappa shape index (κ2) is 4.42. The first-order chi connectivity index (χ1) is 7.72. The number of nitrogens with zero attached hydrogens (tertiary/aromatic N) is 1. The largest absolute Gasteiger partial charge is 0.396 e. The molecule has 0 aliphatic heterocycles. The van der Waals surface area contributed by atoms with E-state index in [-0.39, 0.29) is 6.10 Å². The second-order valence-electron chi connectivity index (χ2n) is 4.16. The van der Waals surface area contributed by atoms with E-state index in [2.05, 4.69) is 5.32 Å². The summed E-state index contributed by atoms with van der Waals surface area (Å²) in [6.07, 6.45) is 1.90. The van der Waals surface area contributed by atoms with Crippen LogP contribution in [0.4, 0.5) is 11.4 Å². The quantitative estimate of drug-likeness (QED) is 0.664. The topological polar surface area (TPSA) is 82.1 Å². The number of para-hydroxylation sites is 1. The number of nitrogen functional groups attached to an aromatic ring is 1. The summed E-state index contributed by atoms with van der Waals surface area (Å²) in [6.45, 7) is 0.490. The van der Waals surface area contributed by atoms with Crippen LogP contribution in [0.1, 0.15) is 18.4 Å². The summed E-state index contributed by atoms with van der Waals surface area (Å²) in [7, 11) is 0. The minimum absolute atomic E-state index is 0.315. The molecule has 0 spiro atoms. The highest BCUT2D eigenvalue weighted by Gasteiger charge is 2.29. The molecule has 1 aromatic carbocycles. The molecule has 4 nitrogen and oxygen atoms in total. The van der Waals surface area contributed by atoms with Crippen LogP contribution in [0.3, 0.4) is 0 Å². The predicted octanol–water partition coefficient (Wildman–Crippen LogP) is 1.32. The van der Waals surface area contributed by atoms with Crippen LogP contribution in [0.5, 0.6) is 0 Å². The molecule has 1 atom stereocenters. The number of nitriles is 1. The van der Waals surface area contributed by atoms with E-state index in [1.807, 2.05) is 12.1 Å². The predicted molar refractivity (Wildman–Crippen MR) is 62.8 cm³/mol. The number of nitrogens with two attached hydrogens (primary N) is 1. The van der Waals surface area contributed by atoms with Crippen molar-refractivity contribution in [2.75, 3.05) is 17.6 Å². The first kappa shape index (κ1) is 10.8. The molecule has 4 N–H and O–H groups in total. The summed E-state index contributed by atoms with van der Waals surface area (Å²) < 4.78 is 0. The van der Waals surface area contributed by atoms with Gasteiger partial charge in [0.25, 0.3) is 0 Å². The van der Waals surface area contributed by atoms with Crippen LogP contribution in [-0.4, -0.2) is 17.8 Å². The number of aliphatic hydroxyl groups is 1. The number of rotatable bonds is 4. The van der Waals surface area contributed by atoms with Crippen molar-refractivity contribution in [2.24, 2.45) is 5.92 Å². The Hall–Kier alpha value is -1.73. The Labute approximate surface area is 94.7 Å². The lowest BCUT2D eigenvalue weighted by molar-refractivity contribution is 0.164. The fourth-order valence-electron chi connectivity index (χ4n) is 1.68. The fraction of sp³-hybridized carbons (Fsp3) is 0.417. The van der Waals surface area contributed by atoms with Gasteiger partial charge in [-0.05, 0) is 30.9 Å². The first-order valence-corrected chi connectivity index (χ1v) is 5.43. The third-order valence-electron chi connectivity index (χ3n) is 2.89. The molecular weight excluding hydrogens is 202 g/mol. The van der Waals surface area contributed by atoms with Crippen LogP contribution >= 0.6 is 0 Å². The molecule has 1 fully saturated rings. The van der Waals surface area contributed by atoms with Crippen LogP contribution in [-0.2, 0) is 0 Å². The molecular formula is C12H15N3O. The van der Waals surface area contributed by atoms with E-state index in [4.69, 9.17) is 11.0 Å². The Kier molecular flexibility index (Phi) is 2.97. The number of aliphatic hydroxyl groups excluding tert-OH is 1. The van der Waals surface area contributed by atoms with Crippen molar-refractivity contribution < 1.29 is 5.11 Å². The highest BCUT2D eigenvalue weighted by molar-refractivity contribution is 5.72. The normalized spacial score (nSPS) is 16.5. The summed E-state index contributed by atoms with van der Waals surface area (Å²) in [5, 5.41) is 21.6. The van der Waals surface area contributed by atoms with Crippen molar-refractivity contribution in [3.05, 3.63) is 23.8 Å². The summed E-state index contributed by atoms with van der Waals surface area (Å²) in [5.74, 6) is 0.438. The highest BCUT2D eigenvalue weighted by atomic mass is 16.3. The molecule has 0 saturated heterocycles. The zero-order valence-corrected chi connectivity index (χ0v) is 8.98. The average molecular weight is 217 g/mol. The maximum atomic E-state index is 9.70. The van der Waals surface area contributed by atoms with E-state index in [9.17, 15) is 5.11 Å². The van der Waals surface area contributed by atoms with Crippen molar-refractivity contribution in [1.29, 1.82) is 5.26 Å². The van der Waals surface area contributed by atoms with Gasteiger partial charge in [-0.1, -0.05) is 6.07 Å². The van der Waals surface area contributed by atoms with E-state index in [0.717, 1.165) is 18.5 Å².